The SMILES string of the molecule is C=Cc1ccccc1OCCCCCCOc1ccccc1C=C. The summed E-state index contributed by atoms with van der Waals surface area (Å²) in [5, 5.41) is 0. The molecule has 0 amide bonds. The summed E-state index contributed by atoms with van der Waals surface area (Å²) >= 11 is 0. The molecule has 0 aliphatic heterocycles. The third-order valence-corrected chi connectivity index (χ3v) is 3.83. The van der Waals surface area contributed by atoms with Gasteiger partial charge in [-0.25, -0.2) is 0 Å². The Morgan fingerprint density at radius 2 is 1.04 bits per heavy atom. The minimum atomic E-state index is 0.741. The molecule has 0 spiro atoms. The lowest BCUT2D eigenvalue weighted by Crippen LogP contribution is -2.01. The van der Waals surface area contributed by atoms with Crippen LogP contribution < -0.4 is 9.47 Å². The second-order valence-electron chi connectivity index (χ2n) is 5.60. The quantitative estimate of drug-likeness (QED) is 0.473. The highest BCUT2D eigenvalue weighted by atomic mass is 16.5. The lowest BCUT2D eigenvalue weighted by Gasteiger charge is -2.10. The Hall–Kier alpha value is -2.48. The second kappa shape index (κ2) is 10.3. The Morgan fingerprint density at radius 1 is 0.625 bits per heavy atom. The standard InChI is InChI=1S/C22H26O2/c1-3-19-13-7-9-15-21(19)23-17-11-5-6-12-18-24-22-16-10-8-14-20(22)4-2/h3-4,7-10,13-16H,1-2,5-6,11-12,17-18H2. The van der Waals surface area contributed by atoms with Crippen molar-refractivity contribution in [3.8, 4) is 11.5 Å². The topological polar surface area (TPSA) is 18.5 Å². The van der Waals surface area contributed by atoms with Gasteiger partial charge in [-0.15, -0.1) is 0 Å². The molecule has 0 radical (unpaired) electrons. The molecule has 2 aromatic rings. The molecule has 0 atom stereocenters. The Balaban J connectivity index is 1.57. The molecule has 0 unspecified atom stereocenters. The number of unbranched alkanes of at least 4 members (excludes halogenated alkanes) is 3. The van der Waals surface area contributed by atoms with Gasteiger partial charge in [-0.1, -0.05) is 61.7 Å². The normalized spacial score (nSPS) is 10.2. The molecule has 2 nitrogen and oxygen atoms in total. The third-order valence-electron chi connectivity index (χ3n) is 3.83. The van der Waals surface area contributed by atoms with E-state index in [0.29, 0.717) is 0 Å². The molecule has 0 heterocycles. The van der Waals surface area contributed by atoms with E-state index in [9.17, 15) is 0 Å². The maximum Gasteiger partial charge on any atom is 0.126 e. The zero-order valence-electron chi connectivity index (χ0n) is 14.2. The van der Waals surface area contributed by atoms with Crippen LogP contribution in [0.3, 0.4) is 0 Å². The fourth-order valence-corrected chi connectivity index (χ4v) is 2.48. The lowest BCUT2D eigenvalue weighted by molar-refractivity contribution is 0.287. The van der Waals surface area contributed by atoms with E-state index in [2.05, 4.69) is 13.2 Å². The van der Waals surface area contributed by atoms with Crippen LogP contribution >= 0.6 is 0 Å². The van der Waals surface area contributed by atoms with E-state index >= 15 is 0 Å². The molecule has 0 saturated heterocycles. The highest BCUT2D eigenvalue weighted by Crippen LogP contribution is 2.20. The summed E-state index contributed by atoms with van der Waals surface area (Å²) in [4.78, 5) is 0. The summed E-state index contributed by atoms with van der Waals surface area (Å²) in [6.45, 7) is 9.10. The predicted molar refractivity (Wildman–Crippen MR) is 103 cm³/mol. The zero-order chi connectivity index (χ0) is 17.0. The molecular formula is C22H26O2. The van der Waals surface area contributed by atoms with Crippen molar-refractivity contribution < 1.29 is 9.47 Å². The van der Waals surface area contributed by atoms with Crippen LogP contribution in [0.15, 0.2) is 61.7 Å². The maximum atomic E-state index is 5.82. The van der Waals surface area contributed by atoms with Gasteiger partial charge in [0.05, 0.1) is 13.2 Å². The van der Waals surface area contributed by atoms with Crippen molar-refractivity contribution in [2.45, 2.75) is 25.7 Å². The fraction of sp³-hybridized carbons (Fsp3) is 0.273. The van der Waals surface area contributed by atoms with Gasteiger partial charge in [-0.05, 0) is 37.8 Å². The molecule has 0 fully saturated rings. The summed E-state index contributed by atoms with van der Waals surface area (Å²) in [6.07, 6.45) is 8.04. The second-order valence-corrected chi connectivity index (χ2v) is 5.60. The minimum Gasteiger partial charge on any atom is -0.493 e. The van der Waals surface area contributed by atoms with Crippen molar-refractivity contribution in [1.29, 1.82) is 0 Å². The molecular weight excluding hydrogens is 296 g/mol. The van der Waals surface area contributed by atoms with Crippen LogP contribution in [0.5, 0.6) is 11.5 Å². The highest BCUT2D eigenvalue weighted by molar-refractivity contribution is 5.55. The molecule has 126 valence electrons. The lowest BCUT2D eigenvalue weighted by atomic mass is 10.2. The number of rotatable bonds is 11. The smallest absolute Gasteiger partial charge is 0.126 e. The van der Waals surface area contributed by atoms with E-state index < -0.39 is 0 Å². The number of hydrogen-bond donors (Lipinski definition) is 0. The summed E-state index contributed by atoms with van der Waals surface area (Å²) < 4.78 is 11.6. The van der Waals surface area contributed by atoms with Gasteiger partial charge in [0.25, 0.3) is 0 Å². The van der Waals surface area contributed by atoms with Gasteiger partial charge in [0.1, 0.15) is 11.5 Å². The molecule has 2 aromatic carbocycles. The molecule has 0 bridgehead atoms. The molecule has 0 aromatic heterocycles. The van der Waals surface area contributed by atoms with Gasteiger partial charge in [0.15, 0.2) is 0 Å². The molecule has 0 aliphatic rings. The van der Waals surface area contributed by atoms with Crippen LogP contribution in [0.4, 0.5) is 0 Å². The first-order valence-electron chi connectivity index (χ1n) is 8.53. The van der Waals surface area contributed by atoms with Gasteiger partial charge in [0, 0.05) is 11.1 Å². The van der Waals surface area contributed by atoms with E-state index in [4.69, 9.17) is 9.47 Å². The van der Waals surface area contributed by atoms with Crippen molar-refractivity contribution in [1.82, 2.24) is 0 Å². The van der Waals surface area contributed by atoms with Crippen LogP contribution in [-0.4, -0.2) is 13.2 Å². The monoisotopic (exact) mass is 322 g/mol. The van der Waals surface area contributed by atoms with E-state index in [0.717, 1.165) is 61.5 Å². The summed E-state index contributed by atoms with van der Waals surface area (Å²) in [5.74, 6) is 1.83. The molecule has 0 N–H and O–H groups in total. The number of para-hydroxylation sites is 2. The van der Waals surface area contributed by atoms with Gasteiger partial charge in [0.2, 0.25) is 0 Å². The van der Waals surface area contributed by atoms with E-state index in [1.165, 1.54) is 0 Å². The third kappa shape index (κ3) is 5.62. The van der Waals surface area contributed by atoms with Crippen molar-refractivity contribution in [2.24, 2.45) is 0 Å². The van der Waals surface area contributed by atoms with Crippen LogP contribution in [0.25, 0.3) is 12.2 Å². The zero-order valence-corrected chi connectivity index (χ0v) is 14.2. The summed E-state index contributed by atoms with van der Waals surface area (Å²) in [6, 6.07) is 16.0. The number of benzene rings is 2. The Morgan fingerprint density at radius 3 is 1.46 bits per heavy atom. The van der Waals surface area contributed by atoms with Crippen molar-refractivity contribution in [3.63, 3.8) is 0 Å². The van der Waals surface area contributed by atoms with Crippen LogP contribution in [-0.2, 0) is 0 Å². The highest BCUT2D eigenvalue weighted by Gasteiger charge is 2.00. The molecule has 24 heavy (non-hydrogen) atoms. The van der Waals surface area contributed by atoms with Gasteiger partial charge in [-0.3, -0.25) is 0 Å². The van der Waals surface area contributed by atoms with Crippen LogP contribution in [0.2, 0.25) is 0 Å². The first kappa shape index (κ1) is 17.9. The summed E-state index contributed by atoms with van der Waals surface area (Å²) in [5.41, 5.74) is 2.10. The fourth-order valence-electron chi connectivity index (χ4n) is 2.48. The molecule has 2 heteroatoms. The van der Waals surface area contributed by atoms with Gasteiger partial charge < -0.3 is 9.47 Å². The molecule has 0 aliphatic carbocycles. The van der Waals surface area contributed by atoms with Crippen LogP contribution in [0, 0.1) is 0 Å². The van der Waals surface area contributed by atoms with E-state index in [-0.39, 0.29) is 0 Å². The average molecular weight is 322 g/mol. The molecule has 0 saturated carbocycles. The Bertz CT molecular complexity index is 588. The Labute approximate surface area is 145 Å². The first-order valence-corrected chi connectivity index (χ1v) is 8.53. The number of ether oxygens (including phenoxy) is 2. The van der Waals surface area contributed by atoms with E-state index in [1.807, 2.05) is 60.7 Å². The maximum absolute atomic E-state index is 5.82. The summed E-state index contributed by atoms with van der Waals surface area (Å²) in [7, 11) is 0. The molecule has 2 rings (SSSR count). The van der Waals surface area contributed by atoms with Crippen molar-refractivity contribution >= 4 is 12.2 Å². The Kier molecular flexibility index (Phi) is 7.69. The average Bonchev–Trinajstić information content (AvgIpc) is 2.64. The van der Waals surface area contributed by atoms with Crippen molar-refractivity contribution in [2.75, 3.05) is 13.2 Å². The van der Waals surface area contributed by atoms with E-state index in [1.54, 1.807) is 0 Å². The van der Waals surface area contributed by atoms with Crippen molar-refractivity contribution in [3.05, 3.63) is 72.8 Å². The minimum absolute atomic E-state index is 0.741. The van der Waals surface area contributed by atoms with Crippen LogP contribution in [0.1, 0.15) is 36.8 Å². The van der Waals surface area contributed by atoms with Gasteiger partial charge >= 0.3 is 0 Å². The number of hydrogen-bond acceptors (Lipinski definition) is 2. The largest absolute Gasteiger partial charge is 0.493 e. The predicted octanol–water partition coefficient (Wildman–Crippen LogP) is 5.99. The first-order chi connectivity index (χ1) is 11.8. The van der Waals surface area contributed by atoms with Gasteiger partial charge in [-0.2, -0.15) is 0 Å².